The van der Waals surface area contributed by atoms with Crippen molar-refractivity contribution in [3.8, 4) is 0 Å². The van der Waals surface area contributed by atoms with E-state index in [0.29, 0.717) is 5.69 Å². The Morgan fingerprint density at radius 3 is 2.56 bits per heavy atom. The second-order valence-electron chi connectivity index (χ2n) is 3.77. The van der Waals surface area contributed by atoms with E-state index in [1.807, 2.05) is 26.0 Å². The molecule has 16 heavy (non-hydrogen) atoms. The Morgan fingerprint density at radius 2 is 1.88 bits per heavy atom. The zero-order valence-corrected chi connectivity index (χ0v) is 9.57. The molecule has 0 fully saturated rings. The summed E-state index contributed by atoms with van der Waals surface area (Å²) in [6.07, 6.45) is 0. The zero-order valence-electron chi connectivity index (χ0n) is 9.57. The lowest BCUT2D eigenvalue weighted by Crippen LogP contribution is -2.04. The number of fused-ring (bicyclic) bond motifs is 1. The highest BCUT2D eigenvalue weighted by atomic mass is 16.5. The van der Waals surface area contributed by atoms with Gasteiger partial charge in [0.05, 0.1) is 12.6 Å². The Kier molecular flexibility index (Phi) is 2.60. The summed E-state index contributed by atoms with van der Waals surface area (Å²) in [6.45, 7) is 4.03. The molecule has 0 saturated heterocycles. The minimum Gasteiger partial charge on any atom is -0.464 e. The van der Waals surface area contributed by atoms with Crippen LogP contribution in [0.5, 0.6) is 0 Å². The Balaban J connectivity index is 2.69. The van der Waals surface area contributed by atoms with Crippen LogP contribution in [0.15, 0.2) is 24.3 Å². The van der Waals surface area contributed by atoms with Gasteiger partial charge in [-0.15, -0.1) is 0 Å². The fourth-order valence-corrected chi connectivity index (χ4v) is 1.65. The summed E-state index contributed by atoms with van der Waals surface area (Å²) in [4.78, 5) is 15.7. The van der Waals surface area contributed by atoms with E-state index < -0.39 is 5.97 Å². The number of pyridine rings is 1. The molecule has 2 rings (SSSR count). The Bertz CT molecular complexity index is 561. The summed E-state index contributed by atoms with van der Waals surface area (Å²) in [6, 6.07) is 7.63. The topological polar surface area (TPSA) is 39.2 Å². The largest absolute Gasteiger partial charge is 0.464 e. The molecule has 0 spiro atoms. The number of aromatic nitrogens is 1. The van der Waals surface area contributed by atoms with Crippen LogP contribution < -0.4 is 0 Å². The number of rotatable bonds is 1. The number of ether oxygens (including phenoxy) is 1. The van der Waals surface area contributed by atoms with Crippen molar-refractivity contribution in [2.75, 3.05) is 7.11 Å². The van der Waals surface area contributed by atoms with Crippen LogP contribution >= 0.6 is 0 Å². The van der Waals surface area contributed by atoms with Crippen molar-refractivity contribution in [2.45, 2.75) is 13.8 Å². The Hall–Kier alpha value is -1.90. The van der Waals surface area contributed by atoms with E-state index in [9.17, 15) is 4.79 Å². The number of nitrogens with zero attached hydrogens (tertiary/aromatic N) is 1. The number of aryl methyl sites for hydroxylation is 2. The van der Waals surface area contributed by atoms with Gasteiger partial charge in [0.25, 0.3) is 0 Å². The van der Waals surface area contributed by atoms with Crippen LogP contribution in [0.3, 0.4) is 0 Å². The van der Waals surface area contributed by atoms with Crippen LogP contribution in [0.2, 0.25) is 0 Å². The van der Waals surface area contributed by atoms with Crippen LogP contribution in [0.4, 0.5) is 0 Å². The minimum atomic E-state index is -0.400. The normalized spacial score (nSPS) is 10.4. The predicted octanol–water partition coefficient (Wildman–Crippen LogP) is 2.64. The summed E-state index contributed by atoms with van der Waals surface area (Å²) < 4.78 is 4.65. The van der Waals surface area contributed by atoms with E-state index in [1.54, 1.807) is 6.07 Å². The highest BCUT2D eigenvalue weighted by molar-refractivity contribution is 5.92. The smallest absolute Gasteiger partial charge is 0.356 e. The molecule has 82 valence electrons. The fourth-order valence-electron chi connectivity index (χ4n) is 1.65. The lowest BCUT2D eigenvalue weighted by molar-refractivity contribution is 0.0594. The molecule has 0 unspecified atom stereocenters. The molecular formula is C13H13NO2. The quantitative estimate of drug-likeness (QED) is 0.686. The summed E-state index contributed by atoms with van der Waals surface area (Å²) in [5.74, 6) is -0.400. The third-order valence-electron chi connectivity index (χ3n) is 2.78. The highest BCUT2D eigenvalue weighted by Gasteiger charge is 2.09. The van der Waals surface area contributed by atoms with Crippen molar-refractivity contribution in [3.05, 3.63) is 41.1 Å². The van der Waals surface area contributed by atoms with Gasteiger partial charge in [0.15, 0.2) is 0 Å². The summed E-state index contributed by atoms with van der Waals surface area (Å²) in [5.41, 5.74) is 3.48. The van der Waals surface area contributed by atoms with E-state index in [-0.39, 0.29) is 0 Å². The highest BCUT2D eigenvalue weighted by Crippen LogP contribution is 2.20. The molecule has 0 atom stereocenters. The second-order valence-corrected chi connectivity index (χ2v) is 3.77. The average Bonchev–Trinajstić information content (AvgIpc) is 2.32. The maximum atomic E-state index is 11.4. The molecule has 0 aliphatic heterocycles. The fraction of sp³-hybridized carbons (Fsp3) is 0.231. The first kappa shape index (κ1) is 10.6. The zero-order chi connectivity index (χ0) is 11.7. The monoisotopic (exact) mass is 215 g/mol. The number of esters is 1. The number of benzene rings is 1. The molecular weight excluding hydrogens is 202 g/mol. The molecule has 0 amide bonds. The lowest BCUT2D eigenvalue weighted by atomic mass is 10.1. The summed E-state index contributed by atoms with van der Waals surface area (Å²) >= 11 is 0. The third kappa shape index (κ3) is 1.65. The first-order valence-electron chi connectivity index (χ1n) is 5.09. The van der Waals surface area contributed by atoms with Crippen LogP contribution in [0.25, 0.3) is 10.9 Å². The standard InChI is InChI=1S/C13H13NO2/c1-8-4-5-10-6-7-11(13(15)16-3)14-12(10)9(8)2/h4-7H,1-3H3. The van der Waals surface area contributed by atoms with Gasteiger partial charge in [-0.2, -0.15) is 0 Å². The summed E-state index contributed by atoms with van der Waals surface area (Å²) in [7, 11) is 1.36. The van der Waals surface area contributed by atoms with Crippen molar-refractivity contribution in [3.63, 3.8) is 0 Å². The maximum Gasteiger partial charge on any atom is 0.356 e. The molecule has 0 N–H and O–H groups in total. The predicted molar refractivity (Wildman–Crippen MR) is 62.6 cm³/mol. The number of hydrogen-bond donors (Lipinski definition) is 0. The lowest BCUT2D eigenvalue weighted by Gasteiger charge is -2.06. The van der Waals surface area contributed by atoms with Gasteiger partial charge in [0, 0.05) is 5.39 Å². The molecule has 2 aromatic rings. The molecule has 3 nitrogen and oxygen atoms in total. The number of carbonyl (C=O) groups excluding carboxylic acids is 1. The Morgan fingerprint density at radius 1 is 1.19 bits per heavy atom. The van der Waals surface area contributed by atoms with E-state index in [2.05, 4.69) is 15.8 Å². The average molecular weight is 215 g/mol. The second kappa shape index (κ2) is 3.93. The Labute approximate surface area is 94.1 Å². The number of methoxy groups -OCH3 is 1. The van der Waals surface area contributed by atoms with Crippen molar-refractivity contribution in [2.24, 2.45) is 0 Å². The number of carbonyl (C=O) groups is 1. The van der Waals surface area contributed by atoms with Gasteiger partial charge in [0.1, 0.15) is 5.69 Å². The number of hydrogen-bond acceptors (Lipinski definition) is 3. The van der Waals surface area contributed by atoms with E-state index >= 15 is 0 Å². The molecule has 0 bridgehead atoms. The van der Waals surface area contributed by atoms with Crippen molar-refractivity contribution >= 4 is 16.9 Å². The van der Waals surface area contributed by atoms with Gasteiger partial charge in [-0.3, -0.25) is 0 Å². The maximum absolute atomic E-state index is 11.4. The molecule has 0 aliphatic carbocycles. The van der Waals surface area contributed by atoms with Crippen molar-refractivity contribution in [1.82, 2.24) is 4.98 Å². The SMILES string of the molecule is COC(=O)c1ccc2ccc(C)c(C)c2n1. The van der Waals surface area contributed by atoms with Gasteiger partial charge in [-0.1, -0.05) is 18.2 Å². The molecule has 0 radical (unpaired) electrons. The van der Waals surface area contributed by atoms with Gasteiger partial charge in [-0.25, -0.2) is 9.78 Å². The minimum absolute atomic E-state index is 0.351. The molecule has 3 heteroatoms. The first-order valence-corrected chi connectivity index (χ1v) is 5.09. The van der Waals surface area contributed by atoms with Crippen molar-refractivity contribution < 1.29 is 9.53 Å². The third-order valence-corrected chi connectivity index (χ3v) is 2.78. The molecule has 0 saturated carbocycles. The summed E-state index contributed by atoms with van der Waals surface area (Å²) in [5, 5.41) is 1.04. The molecule has 1 aromatic heterocycles. The van der Waals surface area contributed by atoms with Crippen LogP contribution in [0.1, 0.15) is 21.6 Å². The van der Waals surface area contributed by atoms with Gasteiger partial charge in [-0.05, 0) is 31.0 Å². The van der Waals surface area contributed by atoms with Gasteiger partial charge >= 0.3 is 5.97 Å². The van der Waals surface area contributed by atoms with Gasteiger partial charge < -0.3 is 4.74 Å². The molecule has 0 aliphatic rings. The van der Waals surface area contributed by atoms with E-state index in [1.165, 1.54) is 12.7 Å². The van der Waals surface area contributed by atoms with E-state index in [0.717, 1.165) is 16.5 Å². The molecule has 1 heterocycles. The van der Waals surface area contributed by atoms with Crippen LogP contribution in [0, 0.1) is 13.8 Å². The van der Waals surface area contributed by atoms with Crippen LogP contribution in [-0.4, -0.2) is 18.1 Å². The first-order chi connectivity index (χ1) is 7.63. The van der Waals surface area contributed by atoms with Gasteiger partial charge in [0.2, 0.25) is 0 Å². The van der Waals surface area contributed by atoms with Crippen LogP contribution in [-0.2, 0) is 4.74 Å². The van der Waals surface area contributed by atoms with E-state index in [4.69, 9.17) is 0 Å². The molecule has 1 aromatic carbocycles. The van der Waals surface area contributed by atoms with Crippen molar-refractivity contribution in [1.29, 1.82) is 0 Å².